The van der Waals surface area contributed by atoms with Crippen LogP contribution in [0, 0.1) is 0 Å². The Balaban J connectivity index is 0.805. The first kappa shape index (κ1) is 50.4. The highest BCUT2D eigenvalue weighted by molar-refractivity contribution is 6.02. The van der Waals surface area contributed by atoms with Crippen molar-refractivity contribution in [2.24, 2.45) is 0 Å². The van der Waals surface area contributed by atoms with Crippen LogP contribution in [-0.4, -0.2) is 0 Å². The Morgan fingerprint density at radius 3 is 1.00 bits per heavy atom. The van der Waals surface area contributed by atoms with Gasteiger partial charge in [0.15, 0.2) is 0 Å². The first-order chi connectivity index (χ1) is 45.1. The summed E-state index contributed by atoms with van der Waals surface area (Å²) in [5.41, 5.74) is 29.1. The summed E-state index contributed by atoms with van der Waals surface area (Å²) in [4.78, 5) is 2.52. The van der Waals surface area contributed by atoms with E-state index in [-0.39, 0.29) is 0 Å². The average molecular weight is 1150 g/mol. The average Bonchev–Trinajstić information content (AvgIpc) is 1.59. The van der Waals surface area contributed by atoms with Crippen molar-refractivity contribution in [3.05, 3.63) is 400 Å². The summed E-state index contributed by atoms with van der Waals surface area (Å²) in [6, 6.07) is 126. The summed E-state index contributed by atoms with van der Waals surface area (Å²) in [5.74, 6) is 1.84. The molecule has 0 saturated heterocycles. The van der Waals surface area contributed by atoms with Gasteiger partial charge in [0.25, 0.3) is 0 Å². The molecular weight excluding hydrogens is 1100 g/mol. The van der Waals surface area contributed by atoms with Gasteiger partial charge in [-0.15, -0.1) is 0 Å². The van der Waals surface area contributed by atoms with Crippen LogP contribution in [0.4, 0.5) is 17.1 Å². The largest absolute Gasteiger partial charge is 0.455 e. The van der Waals surface area contributed by atoms with E-state index in [1.54, 1.807) is 0 Å². The van der Waals surface area contributed by atoms with Crippen molar-refractivity contribution < 1.29 is 4.74 Å². The van der Waals surface area contributed by atoms with Crippen LogP contribution in [0.3, 0.4) is 0 Å². The van der Waals surface area contributed by atoms with Crippen molar-refractivity contribution >= 4 is 38.6 Å². The van der Waals surface area contributed by atoms with Gasteiger partial charge in [-0.1, -0.05) is 291 Å². The highest BCUT2D eigenvalue weighted by Gasteiger charge is 2.54. The van der Waals surface area contributed by atoms with Crippen molar-refractivity contribution in [2.45, 2.75) is 16.2 Å². The van der Waals surface area contributed by atoms with Gasteiger partial charge in [-0.2, -0.15) is 0 Å². The quantitative estimate of drug-likeness (QED) is 0.165. The second kappa shape index (κ2) is 18.7. The first-order valence-electron chi connectivity index (χ1n) is 31.8. The molecule has 0 amide bonds. The number of fused-ring (bicyclic) bond motifs is 26. The van der Waals surface area contributed by atoms with E-state index in [4.69, 9.17) is 4.74 Å². The lowest BCUT2D eigenvalue weighted by Crippen LogP contribution is -2.32. The van der Waals surface area contributed by atoms with Gasteiger partial charge in [0.2, 0.25) is 0 Å². The molecular formula is C89H55NO. The number of hydrogen-bond donors (Lipinski definition) is 0. The zero-order valence-electron chi connectivity index (χ0n) is 49.6. The molecule has 0 bridgehead atoms. The van der Waals surface area contributed by atoms with E-state index in [9.17, 15) is 0 Å². The summed E-state index contributed by atoms with van der Waals surface area (Å²) in [6.45, 7) is 0. The minimum atomic E-state index is -0.664. The SMILES string of the molecule is c1ccc(C2(c3ccccc3)c3ccccc3-c3ccc(N(c4ccc(-c5ccc6c(c5)C5(c7ccccc7-6)c6ccc7ccccc7c6Oc6c5ccc5ccccc65)cc4)c4ccc5c(c4)C4(c6ccccc6-c6ccccc64)c4ccccc4-5)cc32)cc1. The maximum atomic E-state index is 7.34. The van der Waals surface area contributed by atoms with E-state index in [1.165, 1.54) is 100 Å². The fourth-order valence-corrected chi connectivity index (χ4v) is 17.6. The standard InChI is InChI=1S/C89H55NO/c1-3-23-60(24-4-1)87(61-25-5-2-6-26-61)75-34-16-11-31-69(75)73-49-46-63(54-83(73)87)90(64-47-50-74-71-33-14-19-37-78(71)88(84(74)55-64)76-35-17-12-29-67(76)68-30-13-18-36-77(68)88)62-44-39-56(40-45-62)59-41-48-72-70-32-15-20-38-79(70)89(82(72)53-59)80-51-42-57-21-7-9-27-65(57)85(80)91-86-66-28-10-8-22-58(66)43-52-81(86)89/h1-55H. The molecule has 0 saturated carbocycles. The molecule has 0 fully saturated rings. The summed E-state index contributed by atoms with van der Waals surface area (Å²) >= 11 is 0. The molecule has 0 unspecified atom stereocenters. The highest BCUT2D eigenvalue weighted by Crippen LogP contribution is 2.66. The lowest BCUT2D eigenvalue weighted by molar-refractivity contribution is 0.447. The van der Waals surface area contributed by atoms with Gasteiger partial charge < -0.3 is 9.64 Å². The van der Waals surface area contributed by atoms with E-state index in [1.807, 2.05) is 0 Å². The zero-order chi connectivity index (χ0) is 59.6. The van der Waals surface area contributed by atoms with E-state index in [0.717, 1.165) is 72.4 Å². The molecule has 0 N–H and O–H groups in total. The molecule has 0 radical (unpaired) electrons. The van der Waals surface area contributed by atoms with Crippen LogP contribution in [0.2, 0.25) is 0 Å². The molecule has 2 heteroatoms. The number of ether oxygens (including phenoxy) is 1. The van der Waals surface area contributed by atoms with Crippen molar-refractivity contribution in [3.8, 4) is 67.1 Å². The molecule has 15 aromatic rings. The molecule has 15 aromatic carbocycles. The molecule has 422 valence electrons. The molecule has 0 atom stereocenters. The number of hydrogen-bond acceptors (Lipinski definition) is 2. The molecule has 5 aliphatic rings. The third-order valence-corrected chi connectivity index (χ3v) is 21.2. The van der Waals surface area contributed by atoms with Crippen LogP contribution in [0.1, 0.15) is 66.8 Å². The smallest absolute Gasteiger partial charge is 0.140 e. The molecule has 2 spiro atoms. The Kier molecular flexibility index (Phi) is 10.4. The fraction of sp³-hybridized carbons (Fsp3) is 0.0337. The molecule has 0 aromatic heterocycles. The Bertz CT molecular complexity index is 5290. The molecule has 2 nitrogen and oxygen atoms in total. The third-order valence-electron chi connectivity index (χ3n) is 21.2. The van der Waals surface area contributed by atoms with E-state index in [0.29, 0.717) is 0 Å². The van der Waals surface area contributed by atoms with Crippen LogP contribution < -0.4 is 9.64 Å². The highest BCUT2D eigenvalue weighted by atomic mass is 16.5. The Morgan fingerprint density at radius 1 is 0.209 bits per heavy atom. The van der Waals surface area contributed by atoms with Crippen molar-refractivity contribution in [2.75, 3.05) is 4.90 Å². The van der Waals surface area contributed by atoms with Gasteiger partial charge in [0, 0.05) is 39.0 Å². The van der Waals surface area contributed by atoms with E-state index < -0.39 is 16.2 Å². The van der Waals surface area contributed by atoms with Crippen LogP contribution in [-0.2, 0) is 16.2 Å². The van der Waals surface area contributed by atoms with Crippen molar-refractivity contribution in [1.29, 1.82) is 0 Å². The van der Waals surface area contributed by atoms with Gasteiger partial charge >= 0.3 is 0 Å². The van der Waals surface area contributed by atoms with Gasteiger partial charge in [-0.3, -0.25) is 0 Å². The lowest BCUT2D eigenvalue weighted by Gasteiger charge is -2.40. The van der Waals surface area contributed by atoms with E-state index in [2.05, 4.69) is 339 Å². The summed E-state index contributed by atoms with van der Waals surface area (Å²) in [5, 5.41) is 4.54. The van der Waals surface area contributed by atoms with Crippen molar-refractivity contribution in [3.63, 3.8) is 0 Å². The summed E-state index contributed by atoms with van der Waals surface area (Å²) in [6.07, 6.45) is 0. The number of anilines is 3. The maximum absolute atomic E-state index is 7.34. The molecule has 1 heterocycles. The van der Waals surface area contributed by atoms with Crippen molar-refractivity contribution in [1.82, 2.24) is 0 Å². The predicted octanol–water partition coefficient (Wildman–Crippen LogP) is 22.3. The molecule has 1 aliphatic heterocycles. The number of rotatable bonds is 6. The van der Waals surface area contributed by atoms with Crippen LogP contribution in [0.5, 0.6) is 11.5 Å². The van der Waals surface area contributed by atoms with Gasteiger partial charge in [-0.25, -0.2) is 0 Å². The molecule has 91 heavy (non-hydrogen) atoms. The second-order valence-electron chi connectivity index (χ2n) is 25.2. The maximum Gasteiger partial charge on any atom is 0.140 e. The normalized spacial score (nSPS) is 14.5. The lowest BCUT2D eigenvalue weighted by atomic mass is 9.65. The van der Waals surface area contributed by atoms with Crippen LogP contribution in [0.25, 0.3) is 77.2 Å². The topological polar surface area (TPSA) is 12.5 Å². The summed E-state index contributed by atoms with van der Waals surface area (Å²) < 4.78 is 7.34. The number of nitrogens with zero attached hydrogens (tertiary/aromatic N) is 1. The summed E-state index contributed by atoms with van der Waals surface area (Å²) in [7, 11) is 0. The Labute approximate surface area is 528 Å². The number of benzene rings is 15. The minimum absolute atomic E-state index is 0.518. The molecule has 4 aliphatic carbocycles. The van der Waals surface area contributed by atoms with Gasteiger partial charge in [-0.05, 0) is 165 Å². The third kappa shape index (κ3) is 6.55. The minimum Gasteiger partial charge on any atom is -0.455 e. The monoisotopic (exact) mass is 1150 g/mol. The van der Waals surface area contributed by atoms with Gasteiger partial charge in [0.1, 0.15) is 11.5 Å². The van der Waals surface area contributed by atoms with Crippen LogP contribution >= 0.6 is 0 Å². The Morgan fingerprint density at radius 2 is 0.538 bits per heavy atom. The second-order valence-corrected chi connectivity index (χ2v) is 25.2. The van der Waals surface area contributed by atoms with Gasteiger partial charge in [0.05, 0.1) is 16.2 Å². The zero-order valence-corrected chi connectivity index (χ0v) is 49.6. The predicted molar refractivity (Wildman–Crippen MR) is 373 cm³/mol. The Hall–Kier alpha value is -11.6. The van der Waals surface area contributed by atoms with Crippen LogP contribution in [0.15, 0.2) is 334 Å². The van der Waals surface area contributed by atoms with E-state index >= 15 is 0 Å². The first-order valence-corrected chi connectivity index (χ1v) is 31.8. The fourth-order valence-electron chi connectivity index (χ4n) is 17.6. The molecule has 20 rings (SSSR count).